The molecule has 1 aliphatic rings. The molecule has 1 fully saturated rings. The van der Waals surface area contributed by atoms with Crippen molar-refractivity contribution in [3.8, 4) is 11.5 Å². The summed E-state index contributed by atoms with van der Waals surface area (Å²) in [5.41, 5.74) is 1.12. The molecule has 0 amide bonds. The highest BCUT2D eigenvalue weighted by Gasteiger charge is 2.32. The van der Waals surface area contributed by atoms with Crippen LogP contribution in [-0.2, 0) is 11.3 Å². The van der Waals surface area contributed by atoms with Crippen molar-refractivity contribution in [2.24, 2.45) is 5.92 Å². The van der Waals surface area contributed by atoms with Gasteiger partial charge in [-0.1, -0.05) is 19.4 Å². The molecule has 5 heteroatoms. The van der Waals surface area contributed by atoms with Crippen LogP contribution in [0.2, 0.25) is 0 Å². The Morgan fingerprint density at radius 3 is 2.68 bits per heavy atom. The summed E-state index contributed by atoms with van der Waals surface area (Å²) in [6.45, 7) is 7.37. The zero-order valence-electron chi connectivity index (χ0n) is 13.4. The van der Waals surface area contributed by atoms with Gasteiger partial charge in [0, 0.05) is 19.6 Å². The number of hydrogen-bond acceptors (Lipinski definition) is 4. The molecule has 0 saturated carbocycles. The van der Waals surface area contributed by atoms with E-state index in [0.29, 0.717) is 26.3 Å². The van der Waals surface area contributed by atoms with Crippen LogP contribution in [0.25, 0.3) is 0 Å². The van der Waals surface area contributed by atoms with Crippen molar-refractivity contribution in [1.82, 2.24) is 4.90 Å². The van der Waals surface area contributed by atoms with Crippen LogP contribution in [0.15, 0.2) is 18.2 Å². The zero-order valence-corrected chi connectivity index (χ0v) is 13.4. The Kier molecular flexibility index (Phi) is 6.07. The third kappa shape index (κ3) is 4.37. The Bertz CT molecular complexity index is 497. The summed E-state index contributed by atoms with van der Waals surface area (Å²) in [7, 11) is 0. The number of carboxylic acids is 1. The van der Waals surface area contributed by atoms with Gasteiger partial charge >= 0.3 is 5.97 Å². The van der Waals surface area contributed by atoms with Crippen LogP contribution in [-0.4, -0.2) is 42.3 Å². The number of rotatable bonds is 9. The summed E-state index contributed by atoms with van der Waals surface area (Å²) < 4.78 is 11.4. The molecule has 0 unspecified atom stereocenters. The fourth-order valence-electron chi connectivity index (χ4n) is 2.48. The molecule has 2 rings (SSSR count). The molecule has 5 nitrogen and oxygen atoms in total. The second kappa shape index (κ2) is 8.03. The lowest BCUT2D eigenvalue weighted by atomic mass is 9.99. The molecule has 0 bridgehead atoms. The highest BCUT2D eigenvalue weighted by Crippen LogP contribution is 2.30. The lowest BCUT2D eigenvalue weighted by Gasteiger charge is -2.36. The van der Waals surface area contributed by atoms with Crippen molar-refractivity contribution >= 4 is 5.97 Å². The number of carbonyl (C=O) groups is 1. The minimum atomic E-state index is -0.703. The molecule has 0 aliphatic carbocycles. The standard InChI is InChI=1S/C17H25NO4/c1-3-5-8-22-15-7-6-13(9-16(15)21-4-2)10-18-11-14(12-18)17(19)20/h6-7,9,14H,3-5,8,10-12H2,1-2H3,(H,19,20). The summed E-state index contributed by atoms with van der Waals surface area (Å²) >= 11 is 0. The van der Waals surface area contributed by atoms with E-state index in [4.69, 9.17) is 14.6 Å². The van der Waals surface area contributed by atoms with Gasteiger partial charge in [-0.05, 0) is 31.0 Å². The quantitative estimate of drug-likeness (QED) is 0.711. The molecule has 1 aromatic rings. The number of ether oxygens (including phenoxy) is 2. The first-order valence-corrected chi connectivity index (χ1v) is 7.97. The van der Waals surface area contributed by atoms with Gasteiger partial charge in [-0.3, -0.25) is 9.69 Å². The summed E-state index contributed by atoms with van der Waals surface area (Å²) in [6, 6.07) is 5.97. The van der Waals surface area contributed by atoms with Gasteiger partial charge in [-0.2, -0.15) is 0 Å². The van der Waals surface area contributed by atoms with Gasteiger partial charge in [0.25, 0.3) is 0 Å². The molecule has 1 heterocycles. The van der Waals surface area contributed by atoms with Crippen LogP contribution in [0.5, 0.6) is 11.5 Å². The third-order valence-electron chi connectivity index (χ3n) is 3.78. The van der Waals surface area contributed by atoms with Gasteiger partial charge < -0.3 is 14.6 Å². The van der Waals surface area contributed by atoms with Crippen LogP contribution in [0.3, 0.4) is 0 Å². The topological polar surface area (TPSA) is 59.0 Å². The van der Waals surface area contributed by atoms with Gasteiger partial charge in [0.2, 0.25) is 0 Å². The van der Waals surface area contributed by atoms with Gasteiger partial charge in [-0.25, -0.2) is 0 Å². The average Bonchev–Trinajstić information content (AvgIpc) is 2.44. The highest BCUT2D eigenvalue weighted by atomic mass is 16.5. The first-order chi connectivity index (χ1) is 10.6. The van der Waals surface area contributed by atoms with Gasteiger partial charge in [0.05, 0.1) is 19.1 Å². The molecular formula is C17H25NO4. The minimum absolute atomic E-state index is 0.219. The van der Waals surface area contributed by atoms with E-state index in [-0.39, 0.29) is 5.92 Å². The summed E-state index contributed by atoms with van der Waals surface area (Å²) in [5.74, 6) is 0.631. The normalized spacial score (nSPS) is 15.4. The van der Waals surface area contributed by atoms with Crippen molar-refractivity contribution in [3.63, 3.8) is 0 Å². The van der Waals surface area contributed by atoms with Crippen LogP contribution in [0.4, 0.5) is 0 Å². The summed E-state index contributed by atoms with van der Waals surface area (Å²) in [5, 5.41) is 8.91. The minimum Gasteiger partial charge on any atom is -0.490 e. The number of aliphatic carboxylic acids is 1. The van der Waals surface area contributed by atoms with Crippen molar-refractivity contribution in [2.45, 2.75) is 33.2 Å². The molecule has 1 aliphatic heterocycles. The van der Waals surface area contributed by atoms with Crippen molar-refractivity contribution < 1.29 is 19.4 Å². The van der Waals surface area contributed by atoms with Crippen LogP contribution < -0.4 is 9.47 Å². The molecule has 1 aromatic carbocycles. The van der Waals surface area contributed by atoms with Crippen molar-refractivity contribution in [2.75, 3.05) is 26.3 Å². The second-order valence-electron chi connectivity index (χ2n) is 5.65. The molecule has 0 atom stereocenters. The Morgan fingerprint density at radius 1 is 1.27 bits per heavy atom. The number of likely N-dealkylation sites (tertiary alicyclic amines) is 1. The Labute approximate surface area is 131 Å². The van der Waals surface area contributed by atoms with E-state index in [1.807, 2.05) is 25.1 Å². The molecule has 22 heavy (non-hydrogen) atoms. The fraction of sp³-hybridized carbons (Fsp3) is 0.588. The van der Waals surface area contributed by atoms with Gasteiger partial charge in [0.1, 0.15) is 0 Å². The van der Waals surface area contributed by atoms with Crippen LogP contribution >= 0.6 is 0 Å². The Hall–Kier alpha value is -1.75. The van der Waals surface area contributed by atoms with Crippen LogP contribution in [0, 0.1) is 5.92 Å². The third-order valence-corrected chi connectivity index (χ3v) is 3.78. The number of benzene rings is 1. The predicted molar refractivity (Wildman–Crippen MR) is 84.4 cm³/mol. The number of carboxylic acid groups (broad SMARTS) is 1. The monoisotopic (exact) mass is 307 g/mol. The van der Waals surface area contributed by atoms with Crippen molar-refractivity contribution in [3.05, 3.63) is 23.8 Å². The maximum absolute atomic E-state index is 10.8. The number of nitrogens with zero attached hydrogens (tertiary/aromatic N) is 1. The second-order valence-corrected chi connectivity index (χ2v) is 5.65. The van der Waals surface area contributed by atoms with E-state index in [9.17, 15) is 4.79 Å². The molecule has 0 aromatic heterocycles. The first kappa shape index (κ1) is 16.6. The average molecular weight is 307 g/mol. The number of unbranched alkanes of at least 4 members (excludes halogenated alkanes) is 1. The zero-order chi connectivity index (χ0) is 15.9. The predicted octanol–water partition coefficient (Wildman–Crippen LogP) is 2.78. The van der Waals surface area contributed by atoms with E-state index in [1.165, 1.54) is 0 Å². The molecule has 0 spiro atoms. The first-order valence-electron chi connectivity index (χ1n) is 7.97. The summed E-state index contributed by atoms with van der Waals surface area (Å²) in [4.78, 5) is 13.0. The van der Waals surface area contributed by atoms with Gasteiger partial charge in [0.15, 0.2) is 11.5 Å². The van der Waals surface area contributed by atoms with E-state index < -0.39 is 5.97 Å². The maximum Gasteiger partial charge on any atom is 0.309 e. The Morgan fingerprint density at radius 2 is 2.05 bits per heavy atom. The van der Waals surface area contributed by atoms with E-state index in [1.54, 1.807) is 0 Å². The number of hydrogen-bond donors (Lipinski definition) is 1. The molecule has 122 valence electrons. The molecule has 1 N–H and O–H groups in total. The molecular weight excluding hydrogens is 282 g/mol. The lowest BCUT2D eigenvalue weighted by molar-refractivity contribution is -0.147. The Balaban J connectivity index is 1.95. The smallest absolute Gasteiger partial charge is 0.309 e. The highest BCUT2D eigenvalue weighted by molar-refractivity contribution is 5.71. The lowest BCUT2D eigenvalue weighted by Crippen LogP contribution is -2.49. The van der Waals surface area contributed by atoms with Crippen LogP contribution in [0.1, 0.15) is 32.3 Å². The molecule has 1 saturated heterocycles. The van der Waals surface area contributed by atoms with E-state index in [2.05, 4.69) is 11.8 Å². The van der Waals surface area contributed by atoms with Crippen molar-refractivity contribution in [1.29, 1.82) is 0 Å². The largest absolute Gasteiger partial charge is 0.490 e. The maximum atomic E-state index is 10.8. The van der Waals surface area contributed by atoms with E-state index >= 15 is 0 Å². The van der Waals surface area contributed by atoms with Gasteiger partial charge in [-0.15, -0.1) is 0 Å². The fourth-order valence-corrected chi connectivity index (χ4v) is 2.48. The molecule has 0 radical (unpaired) electrons. The SMILES string of the molecule is CCCCOc1ccc(CN2CC(C(=O)O)C2)cc1OCC. The van der Waals surface area contributed by atoms with E-state index in [0.717, 1.165) is 36.4 Å². The summed E-state index contributed by atoms with van der Waals surface area (Å²) in [6.07, 6.45) is 2.12.